The first-order chi connectivity index (χ1) is 15.7. The number of anilines is 1. The smallest absolute Gasteiger partial charge is 0.280 e. The summed E-state index contributed by atoms with van der Waals surface area (Å²) in [5, 5.41) is 9.80. The average molecular weight is 457 g/mol. The lowest BCUT2D eigenvalue weighted by Gasteiger charge is -2.32. The highest BCUT2D eigenvalue weighted by Gasteiger charge is 2.34. The van der Waals surface area contributed by atoms with Crippen LogP contribution in [-0.4, -0.2) is 61.0 Å². The summed E-state index contributed by atoms with van der Waals surface area (Å²) in [6.45, 7) is 7.66. The fourth-order valence-electron chi connectivity index (χ4n) is 3.94. The van der Waals surface area contributed by atoms with Crippen molar-refractivity contribution in [3.05, 3.63) is 59.3 Å². The Morgan fingerprint density at radius 3 is 2.52 bits per heavy atom. The molecule has 3 heterocycles. The summed E-state index contributed by atoms with van der Waals surface area (Å²) < 4.78 is 26.5. The third kappa shape index (κ3) is 4.68. The van der Waals surface area contributed by atoms with E-state index in [0.717, 1.165) is 5.56 Å². The van der Waals surface area contributed by atoms with Gasteiger partial charge in [0.25, 0.3) is 12.3 Å². The Morgan fingerprint density at radius 1 is 1.09 bits per heavy atom. The van der Waals surface area contributed by atoms with Crippen molar-refractivity contribution in [3.63, 3.8) is 0 Å². The van der Waals surface area contributed by atoms with Crippen LogP contribution in [0.1, 0.15) is 47.7 Å². The fourth-order valence-corrected chi connectivity index (χ4v) is 3.94. The highest BCUT2D eigenvalue weighted by atomic mass is 19.3. The number of amides is 1. The molecule has 0 bridgehead atoms. The molecular weight excluding hydrogens is 432 g/mol. The molecule has 3 aromatic rings. The van der Waals surface area contributed by atoms with Crippen LogP contribution in [0.2, 0.25) is 0 Å². The molecule has 1 aliphatic heterocycles. The molecule has 1 amide bonds. The maximum atomic E-state index is 13.7. The van der Waals surface area contributed by atoms with Gasteiger partial charge in [-0.05, 0) is 39.8 Å². The summed E-state index contributed by atoms with van der Waals surface area (Å²) in [5.74, 6) is 0.270. The SMILES string of the molecule is Cc1ccc(-n2nccn2)c(C(=O)N2[C@H](C)CON(c3cc(C(F)F)nc(C)n3)C[C@@H]2C)c1. The molecule has 174 valence electrons. The molecule has 9 nitrogen and oxygen atoms in total. The molecule has 4 rings (SSSR count). The van der Waals surface area contributed by atoms with Gasteiger partial charge in [0.2, 0.25) is 0 Å². The molecule has 2 aromatic heterocycles. The molecule has 0 spiro atoms. The van der Waals surface area contributed by atoms with Crippen LogP contribution in [0.5, 0.6) is 0 Å². The molecule has 1 aromatic carbocycles. The Hall–Kier alpha value is -3.47. The Kier molecular flexibility index (Phi) is 6.32. The Morgan fingerprint density at radius 2 is 1.82 bits per heavy atom. The van der Waals surface area contributed by atoms with Gasteiger partial charge >= 0.3 is 0 Å². The number of hydrogen-bond donors (Lipinski definition) is 0. The zero-order chi connectivity index (χ0) is 23.7. The first-order valence-corrected chi connectivity index (χ1v) is 10.6. The highest BCUT2D eigenvalue weighted by molar-refractivity contribution is 5.98. The lowest BCUT2D eigenvalue weighted by atomic mass is 10.1. The minimum atomic E-state index is -2.72. The van der Waals surface area contributed by atoms with Crippen molar-refractivity contribution in [2.45, 2.75) is 46.2 Å². The molecule has 0 radical (unpaired) electrons. The lowest BCUT2D eigenvalue weighted by molar-refractivity contribution is 0.0544. The molecule has 2 atom stereocenters. The van der Waals surface area contributed by atoms with Gasteiger partial charge in [0.05, 0.1) is 42.8 Å². The van der Waals surface area contributed by atoms with Gasteiger partial charge in [-0.25, -0.2) is 23.8 Å². The molecule has 33 heavy (non-hydrogen) atoms. The summed E-state index contributed by atoms with van der Waals surface area (Å²) in [4.78, 5) is 30.8. The van der Waals surface area contributed by atoms with Gasteiger partial charge < -0.3 is 4.90 Å². The second kappa shape index (κ2) is 9.18. The average Bonchev–Trinajstić information content (AvgIpc) is 3.25. The molecule has 0 N–H and O–H groups in total. The van der Waals surface area contributed by atoms with Crippen LogP contribution in [0.4, 0.5) is 14.6 Å². The fraction of sp³-hybridized carbons (Fsp3) is 0.409. The van der Waals surface area contributed by atoms with Crippen molar-refractivity contribution in [3.8, 4) is 5.69 Å². The van der Waals surface area contributed by atoms with Crippen LogP contribution in [0, 0.1) is 13.8 Å². The number of carbonyl (C=O) groups excluding carboxylic acids is 1. The van der Waals surface area contributed by atoms with E-state index in [-0.39, 0.29) is 48.5 Å². The van der Waals surface area contributed by atoms with Crippen molar-refractivity contribution in [1.82, 2.24) is 29.9 Å². The molecule has 1 fully saturated rings. The van der Waals surface area contributed by atoms with E-state index in [0.29, 0.717) is 11.3 Å². The first kappa shape index (κ1) is 22.7. The van der Waals surface area contributed by atoms with Gasteiger partial charge in [-0.2, -0.15) is 15.0 Å². The largest absolute Gasteiger partial charge is 0.329 e. The van der Waals surface area contributed by atoms with E-state index in [1.807, 2.05) is 39.0 Å². The predicted molar refractivity (Wildman–Crippen MR) is 116 cm³/mol. The van der Waals surface area contributed by atoms with Crippen LogP contribution in [0.25, 0.3) is 5.69 Å². The molecule has 0 aliphatic carbocycles. The number of aryl methyl sites for hydroxylation is 2. The molecule has 0 unspecified atom stereocenters. The van der Waals surface area contributed by atoms with Gasteiger partial charge in [-0.15, -0.1) is 0 Å². The van der Waals surface area contributed by atoms with Gasteiger partial charge in [-0.3, -0.25) is 9.63 Å². The molecule has 11 heteroatoms. The summed E-state index contributed by atoms with van der Waals surface area (Å²) in [5.41, 5.74) is 1.61. The van der Waals surface area contributed by atoms with Crippen molar-refractivity contribution >= 4 is 11.7 Å². The molecule has 0 saturated carbocycles. The van der Waals surface area contributed by atoms with Crippen molar-refractivity contribution < 1.29 is 18.4 Å². The van der Waals surface area contributed by atoms with Crippen LogP contribution in [0.15, 0.2) is 36.7 Å². The quantitative estimate of drug-likeness (QED) is 0.594. The Bertz CT molecular complexity index is 1140. The Labute approximate surface area is 190 Å². The first-order valence-electron chi connectivity index (χ1n) is 10.6. The van der Waals surface area contributed by atoms with Crippen LogP contribution >= 0.6 is 0 Å². The van der Waals surface area contributed by atoms with Gasteiger partial charge in [0, 0.05) is 12.1 Å². The van der Waals surface area contributed by atoms with E-state index >= 15 is 0 Å². The number of alkyl halides is 2. The van der Waals surface area contributed by atoms with E-state index in [4.69, 9.17) is 4.84 Å². The van der Waals surface area contributed by atoms with E-state index < -0.39 is 6.43 Å². The van der Waals surface area contributed by atoms with Crippen LogP contribution in [0.3, 0.4) is 0 Å². The van der Waals surface area contributed by atoms with Gasteiger partial charge in [-0.1, -0.05) is 11.6 Å². The highest BCUT2D eigenvalue weighted by Crippen LogP contribution is 2.26. The number of hydroxylamine groups is 1. The summed E-state index contributed by atoms with van der Waals surface area (Å²) >= 11 is 0. The molecular formula is C22H25F2N7O2. The van der Waals surface area contributed by atoms with Crippen molar-refractivity contribution in [2.75, 3.05) is 18.2 Å². The number of benzene rings is 1. The number of carbonyl (C=O) groups is 1. The number of nitrogens with zero attached hydrogens (tertiary/aromatic N) is 7. The maximum absolute atomic E-state index is 13.7. The minimum Gasteiger partial charge on any atom is -0.329 e. The van der Waals surface area contributed by atoms with Crippen LogP contribution < -0.4 is 5.06 Å². The minimum absolute atomic E-state index is 0.171. The summed E-state index contributed by atoms with van der Waals surface area (Å²) in [6, 6.07) is 6.15. The monoisotopic (exact) mass is 457 g/mol. The number of aromatic nitrogens is 5. The van der Waals surface area contributed by atoms with E-state index in [1.165, 1.54) is 15.9 Å². The van der Waals surface area contributed by atoms with E-state index in [9.17, 15) is 13.6 Å². The van der Waals surface area contributed by atoms with E-state index in [1.54, 1.807) is 24.2 Å². The lowest BCUT2D eigenvalue weighted by Crippen LogP contribution is -2.47. The third-order valence-electron chi connectivity index (χ3n) is 5.43. The van der Waals surface area contributed by atoms with E-state index in [2.05, 4.69) is 20.2 Å². The number of rotatable bonds is 4. The number of halogens is 2. The zero-order valence-corrected chi connectivity index (χ0v) is 18.8. The topological polar surface area (TPSA) is 89.3 Å². The standard InChI is InChI=1S/C22H25F2N7O2/c1-13-5-6-19(31-25-7-8-26-31)17(9-13)22(32)30-14(2)11-29(33-12-15(30)3)20-10-18(21(23)24)27-16(4)28-20/h5-10,14-15,21H,11-12H2,1-4H3/t14-,15+/m0/s1. The molecule has 1 saturated heterocycles. The summed E-state index contributed by atoms with van der Waals surface area (Å²) in [6.07, 6.45) is 0.380. The Balaban J connectivity index is 1.65. The zero-order valence-electron chi connectivity index (χ0n) is 18.8. The number of hydrogen-bond acceptors (Lipinski definition) is 7. The third-order valence-corrected chi connectivity index (χ3v) is 5.43. The summed E-state index contributed by atoms with van der Waals surface area (Å²) in [7, 11) is 0. The van der Waals surface area contributed by atoms with Crippen LogP contribution in [-0.2, 0) is 4.84 Å². The maximum Gasteiger partial charge on any atom is 0.280 e. The molecule has 1 aliphatic rings. The van der Waals surface area contributed by atoms with Gasteiger partial charge in [0.15, 0.2) is 5.82 Å². The van der Waals surface area contributed by atoms with Crippen molar-refractivity contribution in [2.24, 2.45) is 0 Å². The second-order valence-corrected chi connectivity index (χ2v) is 8.11. The van der Waals surface area contributed by atoms with Crippen molar-refractivity contribution in [1.29, 1.82) is 0 Å². The predicted octanol–water partition coefficient (Wildman–Crippen LogP) is 3.28. The normalized spacial score (nSPS) is 19.1. The van der Waals surface area contributed by atoms with Gasteiger partial charge in [0.1, 0.15) is 11.5 Å². The second-order valence-electron chi connectivity index (χ2n) is 8.11.